The van der Waals surface area contributed by atoms with Crippen molar-refractivity contribution in [3.63, 3.8) is 0 Å². The first-order valence-electron chi connectivity index (χ1n) is 5.74. The van der Waals surface area contributed by atoms with Gasteiger partial charge in [-0.25, -0.2) is 9.97 Å². The molecule has 0 amide bonds. The molecule has 17 heavy (non-hydrogen) atoms. The summed E-state index contributed by atoms with van der Waals surface area (Å²) in [6, 6.07) is 1.83. The largest absolute Gasteiger partial charge is 0.384 e. The Morgan fingerprint density at radius 1 is 1.35 bits per heavy atom. The van der Waals surface area contributed by atoms with E-state index in [1.165, 1.54) is 0 Å². The lowest BCUT2D eigenvalue weighted by molar-refractivity contribution is 0.756. The van der Waals surface area contributed by atoms with Crippen LogP contribution in [0.3, 0.4) is 0 Å². The van der Waals surface area contributed by atoms with Crippen LogP contribution in [-0.4, -0.2) is 19.7 Å². The van der Waals surface area contributed by atoms with Crippen LogP contribution in [0.1, 0.15) is 24.7 Å². The second-order valence-electron chi connectivity index (χ2n) is 4.16. The summed E-state index contributed by atoms with van der Waals surface area (Å²) in [6.45, 7) is 4.06. The summed E-state index contributed by atoms with van der Waals surface area (Å²) < 4.78 is 1.76. The maximum Gasteiger partial charge on any atom is 0.165 e. The molecule has 0 saturated heterocycles. The molecule has 0 aromatic carbocycles. The van der Waals surface area contributed by atoms with E-state index in [2.05, 4.69) is 22.0 Å². The number of aryl methyl sites for hydroxylation is 3. The second-order valence-corrected chi connectivity index (χ2v) is 4.16. The molecule has 0 bridgehead atoms. The van der Waals surface area contributed by atoms with Gasteiger partial charge in [0.1, 0.15) is 5.82 Å². The van der Waals surface area contributed by atoms with Gasteiger partial charge >= 0.3 is 0 Å². The lowest BCUT2D eigenvalue weighted by Gasteiger charge is -2.03. The van der Waals surface area contributed by atoms with Gasteiger partial charge in [0, 0.05) is 25.0 Å². The third-order valence-corrected chi connectivity index (χ3v) is 2.56. The molecule has 90 valence electrons. The fourth-order valence-corrected chi connectivity index (χ4v) is 1.84. The molecule has 2 N–H and O–H groups in total. The van der Waals surface area contributed by atoms with Gasteiger partial charge in [-0.2, -0.15) is 5.10 Å². The summed E-state index contributed by atoms with van der Waals surface area (Å²) >= 11 is 0. The number of nitrogens with two attached hydrogens (primary N) is 1. The molecule has 0 aliphatic carbocycles. The zero-order chi connectivity index (χ0) is 12.4. The second kappa shape index (κ2) is 4.53. The van der Waals surface area contributed by atoms with Gasteiger partial charge in [-0.15, -0.1) is 0 Å². The van der Waals surface area contributed by atoms with E-state index in [4.69, 9.17) is 5.73 Å². The molecule has 2 heterocycles. The molecule has 2 aromatic rings. The molecule has 0 radical (unpaired) electrons. The zero-order valence-corrected chi connectivity index (χ0v) is 10.4. The van der Waals surface area contributed by atoms with E-state index in [1.54, 1.807) is 4.68 Å². The van der Waals surface area contributed by atoms with Gasteiger partial charge in [0.15, 0.2) is 5.82 Å². The summed E-state index contributed by atoms with van der Waals surface area (Å²) in [5.74, 6) is 1.18. The van der Waals surface area contributed by atoms with Gasteiger partial charge in [0.25, 0.3) is 0 Å². The zero-order valence-electron chi connectivity index (χ0n) is 10.4. The van der Waals surface area contributed by atoms with Crippen molar-refractivity contribution in [1.29, 1.82) is 0 Å². The van der Waals surface area contributed by atoms with E-state index in [9.17, 15) is 0 Å². The topological polar surface area (TPSA) is 69.6 Å². The Hall–Kier alpha value is -1.91. The van der Waals surface area contributed by atoms with Crippen molar-refractivity contribution in [3.05, 3.63) is 23.7 Å². The van der Waals surface area contributed by atoms with Crippen molar-refractivity contribution >= 4 is 5.82 Å². The monoisotopic (exact) mass is 231 g/mol. The van der Waals surface area contributed by atoms with Gasteiger partial charge in [-0.05, 0) is 13.3 Å². The summed E-state index contributed by atoms with van der Waals surface area (Å²) in [5.41, 5.74) is 8.65. The molecule has 5 heteroatoms. The van der Waals surface area contributed by atoms with E-state index >= 15 is 0 Å². The van der Waals surface area contributed by atoms with Gasteiger partial charge in [0.05, 0.1) is 11.3 Å². The number of anilines is 1. The van der Waals surface area contributed by atoms with Gasteiger partial charge < -0.3 is 5.73 Å². The number of nitrogen functional groups attached to an aromatic ring is 1. The van der Waals surface area contributed by atoms with Crippen LogP contribution >= 0.6 is 0 Å². The molecule has 0 fully saturated rings. The molecule has 0 aliphatic rings. The quantitative estimate of drug-likeness (QED) is 0.873. The molecule has 2 rings (SSSR count). The first kappa shape index (κ1) is 11.6. The third-order valence-electron chi connectivity index (χ3n) is 2.56. The van der Waals surface area contributed by atoms with Gasteiger partial charge in [-0.3, -0.25) is 4.68 Å². The van der Waals surface area contributed by atoms with E-state index in [1.807, 2.05) is 26.2 Å². The number of nitrogens with zero attached hydrogens (tertiary/aromatic N) is 4. The normalized spacial score (nSPS) is 10.8. The SMILES string of the molecule is CCCc1cc(N)nc(-c2cn(C)nc2C)n1. The van der Waals surface area contributed by atoms with Crippen LogP contribution in [0.4, 0.5) is 5.82 Å². The Kier molecular flexibility index (Phi) is 3.08. The molecule has 0 atom stereocenters. The Labute approximate surface area is 101 Å². The number of rotatable bonds is 3. The molecule has 0 saturated carbocycles. The van der Waals surface area contributed by atoms with Gasteiger partial charge in [-0.1, -0.05) is 13.3 Å². The van der Waals surface area contributed by atoms with E-state index in [0.29, 0.717) is 11.6 Å². The van der Waals surface area contributed by atoms with Crippen LogP contribution in [-0.2, 0) is 13.5 Å². The predicted octanol–water partition coefficient (Wildman–Crippen LogP) is 1.72. The first-order valence-corrected chi connectivity index (χ1v) is 5.74. The van der Waals surface area contributed by atoms with Crippen molar-refractivity contribution in [3.8, 4) is 11.4 Å². The Morgan fingerprint density at radius 3 is 2.71 bits per heavy atom. The van der Waals surface area contributed by atoms with Crippen molar-refractivity contribution < 1.29 is 0 Å². The number of hydrogen-bond acceptors (Lipinski definition) is 4. The summed E-state index contributed by atoms with van der Waals surface area (Å²) in [6.07, 6.45) is 3.88. The van der Waals surface area contributed by atoms with Gasteiger partial charge in [0.2, 0.25) is 0 Å². The highest BCUT2D eigenvalue weighted by Crippen LogP contribution is 2.20. The highest BCUT2D eigenvalue weighted by atomic mass is 15.3. The minimum Gasteiger partial charge on any atom is -0.384 e. The Morgan fingerprint density at radius 2 is 2.12 bits per heavy atom. The summed E-state index contributed by atoms with van der Waals surface area (Å²) in [5, 5.41) is 4.29. The van der Waals surface area contributed by atoms with Crippen LogP contribution < -0.4 is 5.73 Å². The van der Waals surface area contributed by atoms with Crippen molar-refractivity contribution in [2.24, 2.45) is 7.05 Å². The standard InChI is InChI=1S/C12H17N5/c1-4-5-9-6-11(13)15-12(14-9)10-7-17(3)16-8(10)2/h6-7H,4-5H2,1-3H3,(H2,13,14,15). The number of aromatic nitrogens is 4. The van der Waals surface area contributed by atoms with E-state index < -0.39 is 0 Å². The average Bonchev–Trinajstić information content (AvgIpc) is 2.57. The van der Waals surface area contributed by atoms with Crippen LogP contribution in [0.2, 0.25) is 0 Å². The highest BCUT2D eigenvalue weighted by Gasteiger charge is 2.10. The fourth-order valence-electron chi connectivity index (χ4n) is 1.84. The summed E-state index contributed by atoms with van der Waals surface area (Å²) in [7, 11) is 1.88. The minimum atomic E-state index is 0.515. The van der Waals surface area contributed by atoms with Crippen molar-refractivity contribution in [2.45, 2.75) is 26.7 Å². The van der Waals surface area contributed by atoms with Crippen LogP contribution in [0.15, 0.2) is 12.3 Å². The molecule has 0 aliphatic heterocycles. The molecule has 0 unspecified atom stereocenters. The highest BCUT2D eigenvalue weighted by molar-refractivity contribution is 5.58. The molecular weight excluding hydrogens is 214 g/mol. The van der Waals surface area contributed by atoms with E-state index in [-0.39, 0.29) is 0 Å². The lowest BCUT2D eigenvalue weighted by atomic mass is 10.2. The van der Waals surface area contributed by atoms with Crippen LogP contribution in [0.5, 0.6) is 0 Å². The number of hydrogen-bond donors (Lipinski definition) is 1. The smallest absolute Gasteiger partial charge is 0.165 e. The molecule has 0 spiro atoms. The lowest BCUT2D eigenvalue weighted by Crippen LogP contribution is -2.00. The molecule has 2 aromatic heterocycles. The average molecular weight is 231 g/mol. The first-order chi connectivity index (χ1) is 8.10. The maximum absolute atomic E-state index is 5.81. The van der Waals surface area contributed by atoms with Crippen molar-refractivity contribution in [1.82, 2.24) is 19.7 Å². The third kappa shape index (κ3) is 2.43. The van der Waals surface area contributed by atoms with E-state index in [0.717, 1.165) is 29.8 Å². The Balaban J connectivity index is 2.48. The van der Waals surface area contributed by atoms with Crippen LogP contribution in [0.25, 0.3) is 11.4 Å². The van der Waals surface area contributed by atoms with Crippen molar-refractivity contribution in [2.75, 3.05) is 5.73 Å². The maximum atomic E-state index is 5.81. The molecular formula is C12H17N5. The predicted molar refractivity (Wildman–Crippen MR) is 67.4 cm³/mol. The minimum absolute atomic E-state index is 0.515. The van der Waals surface area contributed by atoms with Crippen LogP contribution in [0, 0.1) is 6.92 Å². The summed E-state index contributed by atoms with van der Waals surface area (Å²) in [4.78, 5) is 8.80. The molecule has 5 nitrogen and oxygen atoms in total. The fraction of sp³-hybridized carbons (Fsp3) is 0.417. The Bertz CT molecular complexity index is 530.